The van der Waals surface area contributed by atoms with Gasteiger partial charge in [-0.05, 0) is 46.7 Å². The molecule has 138 valence electrons. The summed E-state index contributed by atoms with van der Waals surface area (Å²) in [6, 6.07) is 15.3. The Morgan fingerprint density at radius 2 is 1.81 bits per heavy atom. The molecule has 1 N–H and O–H groups in total. The number of rotatable bonds is 6. The number of carbonyl (C=O) groups excluding carboxylic acids is 1. The van der Waals surface area contributed by atoms with Crippen LogP contribution in [-0.2, 0) is 11.2 Å². The predicted octanol–water partition coefficient (Wildman–Crippen LogP) is 3.69. The second-order valence-electron chi connectivity index (χ2n) is 5.86. The van der Waals surface area contributed by atoms with E-state index in [2.05, 4.69) is 10.5 Å². The maximum atomic E-state index is 12.9. The van der Waals surface area contributed by atoms with Crippen molar-refractivity contribution in [1.29, 1.82) is 0 Å². The maximum absolute atomic E-state index is 12.9. The fourth-order valence-electron chi connectivity index (χ4n) is 2.74. The summed E-state index contributed by atoms with van der Waals surface area (Å²) in [6.45, 7) is 0. The third-order valence-electron chi connectivity index (χ3n) is 4.11. The minimum absolute atomic E-state index is 0.109. The van der Waals surface area contributed by atoms with Crippen LogP contribution in [0.4, 0.5) is 4.39 Å². The molecule has 0 radical (unpaired) electrons. The van der Waals surface area contributed by atoms with Gasteiger partial charge < -0.3 is 9.47 Å². The first-order valence-corrected chi connectivity index (χ1v) is 8.32. The van der Waals surface area contributed by atoms with Gasteiger partial charge in [-0.15, -0.1) is 0 Å². The van der Waals surface area contributed by atoms with Gasteiger partial charge in [-0.2, -0.15) is 5.10 Å². The van der Waals surface area contributed by atoms with Gasteiger partial charge in [0, 0.05) is 5.56 Å². The number of amides is 1. The number of nitrogens with one attached hydrogen (secondary N) is 1. The first kappa shape index (κ1) is 18.4. The van der Waals surface area contributed by atoms with Gasteiger partial charge in [0.05, 0.1) is 26.9 Å². The second kappa shape index (κ2) is 8.31. The number of hydrazone groups is 1. The van der Waals surface area contributed by atoms with Crippen molar-refractivity contribution in [2.45, 2.75) is 6.42 Å². The van der Waals surface area contributed by atoms with Crippen molar-refractivity contribution < 1.29 is 18.7 Å². The highest BCUT2D eigenvalue weighted by Crippen LogP contribution is 2.29. The van der Waals surface area contributed by atoms with Crippen LogP contribution in [0.15, 0.2) is 59.7 Å². The molecular formula is C21H19FN2O3. The van der Waals surface area contributed by atoms with E-state index in [-0.39, 0.29) is 18.1 Å². The summed E-state index contributed by atoms with van der Waals surface area (Å²) in [4.78, 5) is 12.0. The molecule has 5 nitrogen and oxygen atoms in total. The lowest BCUT2D eigenvalue weighted by Gasteiger charge is -2.10. The number of ether oxygens (including phenoxy) is 2. The molecule has 6 heteroatoms. The van der Waals surface area contributed by atoms with E-state index < -0.39 is 0 Å². The molecule has 27 heavy (non-hydrogen) atoms. The zero-order valence-corrected chi connectivity index (χ0v) is 15.0. The molecule has 3 aromatic rings. The highest BCUT2D eigenvalue weighted by atomic mass is 19.1. The van der Waals surface area contributed by atoms with Crippen LogP contribution >= 0.6 is 0 Å². The number of carbonyl (C=O) groups is 1. The summed E-state index contributed by atoms with van der Waals surface area (Å²) in [7, 11) is 3.18. The van der Waals surface area contributed by atoms with Crippen molar-refractivity contribution in [2.75, 3.05) is 14.2 Å². The Balaban J connectivity index is 1.80. The Labute approximate surface area is 156 Å². The minimum Gasteiger partial charge on any atom is -0.497 e. The summed E-state index contributed by atoms with van der Waals surface area (Å²) in [5, 5.41) is 5.94. The lowest BCUT2D eigenvalue weighted by atomic mass is 10.0. The number of hydrogen-bond donors (Lipinski definition) is 1. The standard InChI is InChI=1S/C21H19FN2O3/c1-26-17-9-5-15-6-10-20(27-2)19(18(15)12-17)13-23-24-21(25)11-14-3-7-16(22)8-4-14/h3-10,12-13H,11H2,1-2H3,(H,24,25)/b23-13+. The van der Waals surface area contributed by atoms with Gasteiger partial charge >= 0.3 is 0 Å². The van der Waals surface area contributed by atoms with Crippen LogP contribution in [0.1, 0.15) is 11.1 Å². The molecule has 0 spiro atoms. The minimum atomic E-state index is -0.337. The summed E-state index contributed by atoms with van der Waals surface area (Å²) >= 11 is 0. The zero-order chi connectivity index (χ0) is 19.2. The predicted molar refractivity (Wildman–Crippen MR) is 103 cm³/mol. The van der Waals surface area contributed by atoms with E-state index in [4.69, 9.17) is 9.47 Å². The molecule has 0 aliphatic heterocycles. The van der Waals surface area contributed by atoms with Crippen molar-refractivity contribution >= 4 is 22.9 Å². The first-order valence-electron chi connectivity index (χ1n) is 8.32. The Bertz CT molecular complexity index is 979. The number of hydrogen-bond acceptors (Lipinski definition) is 4. The number of fused-ring (bicyclic) bond motifs is 1. The largest absolute Gasteiger partial charge is 0.497 e. The third kappa shape index (κ3) is 4.41. The van der Waals surface area contributed by atoms with Crippen molar-refractivity contribution in [2.24, 2.45) is 5.10 Å². The van der Waals surface area contributed by atoms with E-state index in [9.17, 15) is 9.18 Å². The lowest BCUT2D eigenvalue weighted by Crippen LogP contribution is -2.19. The second-order valence-corrected chi connectivity index (χ2v) is 5.86. The molecule has 0 aromatic heterocycles. The molecule has 0 unspecified atom stereocenters. The third-order valence-corrected chi connectivity index (χ3v) is 4.11. The summed E-state index contributed by atoms with van der Waals surface area (Å²) in [5.74, 6) is 0.711. The molecule has 0 saturated heterocycles. The van der Waals surface area contributed by atoms with Gasteiger partial charge in [0.25, 0.3) is 0 Å². The molecule has 0 aliphatic rings. The highest BCUT2D eigenvalue weighted by molar-refractivity contribution is 6.03. The van der Waals surface area contributed by atoms with Gasteiger partial charge in [-0.1, -0.05) is 24.3 Å². The fourth-order valence-corrected chi connectivity index (χ4v) is 2.74. The zero-order valence-electron chi connectivity index (χ0n) is 15.0. The quantitative estimate of drug-likeness (QED) is 0.535. The number of benzene rings is 3. The highest BCUT2D eigenvalue weighted by Gasteiger charge is 2.08. The van der Waals surface area contributed by atoms with E-state index in [0.717, 1.165) is 16.3 Å². The number of methoxy groups -OCH3 is 2. The molecular weight excluding hydrogens is 347 g/mol. The molecule has 1 amide bonds. The monoisotopic (exact) mass is 366 g/mol. The number of nitrogens with zero attached hydrogens (tertiary/aromatic N) is 1. The molecule has 0 heterocycles. The maximum Gasteiger partial charge on any atom is 0.244 e. The Kier molecular flexibility index (Phi) is 5.66. The van der Waals surface area contributed by atoms with E-state index in [0.29, 0.717) is 17.1 Å². The first-order chi connectivity index (χ1) is 13.1. The molecule has 3 aromatic carbocycles. The van der Waals surface area contributed by atoms with Crippen LogP contribution in [0.2, 0.25) is 0 Å². The van der Waals surface area contributed by atoms with Crippen LogP contribution < -0.4 is 14.9 Å². The van der Waals surface area contributed by atoms with Crippen LogP contribution in [0.3, 0.4) is 0 Å². The van der Waals surface area contributed by atoms with Gasteiger partial charge in [0.2, 0.25) is 5.91 Å². The Morgan fingerprint density at radius 1 is 1.07 bits per heavy atom. The number of halogens is 1. The van der Waals surface area contributed by atoms with E-state index >= 15 is 0 Å². The van der Waals surface area contributed by atoms with Crippen molar-refractivity contribution in [3.63, 3.8) is 0 Å². The van der Waals surface area contributed by atoms with Crippen molar-refractivity contribution in [1.82, 2.24) is 5.43 Å². The topological polar surface area (TPSA) is 59.9 Å². The average Bonchev–Trinajstić information content (AvgIpc) is 2.69. The SMILES string of the molecule is COc1ccc2ccc(OC)c(/C=N/NC(=O)Cc3ccc(F)cc3)c2c1. The lowest BCUT2D eigenvalue weighted by molar-refractivity contribution is -0.120. The van der Waals surface area contributed by atoms with Gasteiger partial charge in [0.1, 0.15) is 17.3 Å². The normalized spacial score (nSPS) is 10.9. The van der Waals surface area contributed by atoms with E-state index in [1.54, 1.807) is 32.6 Å². The summed E-state index contributed by atoms with van der Waals surface area (Å²) in [6.07, 6.45) is 1.65. The van der Waals surface area contributed by atoms with Gasteiger partial charge in [0.15, 0.2) is 0 Å². The van der Waals surface area contributed by atoms with Crippen LogP contribution in [0.25, 0.3) is 10.8 Å². The fraction of sp³-hybridized carbons (Fsp3) is 0.143. The Morgan fingerprint density at radius 3 is 2.52 bits per heavy atom. The summed E-state index contributed by atoms with van der Waals surface area (Å²) in [5.41, 5.74) is 3.93. The molecule has 0 atom stereocenters. The van der Waals surface area contributed by atoms with Gasteiger partial charge in [-0.3, -0.25) is 4.79 Å². The van der Waals surface area contributed by atoms with Gasteiger partial charge in [-0.25, -0.2) is 9.82 Å². The molecule has 0 bridgehead atoms. The van der Waals surface area contributed by atoms with Crippen molar-refractivity contribution in [3.8, 4) is 11.5 Å². The molecule has 0 saturated carbocycles. The van der Waals surface area contributed by atoms with Crippen molar-refractivity contribution in [3.05, 3.63) is 71.5 Å². The molecule has 3 rings (SSSR count). The average molecular weight is 366 g/mol. The molecule has 0 fully saturated rings. The molecule has 0 aliphatic carbocycles. The Hall–Kier alpha value is -3.41. The van der Waals surface area contributed by atoms with E-state index in [1.807, 2.05) is 30.3 Å². The van der Waals surface area contributed by atoms with E-state index in [1.165, 1.54) is 12.1 Å². The summed E-state index contributed by atoms with van der Waals surface area (Å²) < 4.78 is 23.6. The van der Waals surface area contributed by atoms with Crippen LogP contribution in [0.5, 0.6) is 11.5 Å². The van der Waals surface area contributed by atoms with Crippen LogP contribution in [-0.4, -0.2) is 26.3 Å². The smallest absolute Gasteiger partial charge is 0.244 e. The van der Waals surface area contributed by atoms with Crippen LogP contribution in [0, 0.1) is 5.82 Å².